The third-order valence-electron chi connectivity index (χ3n) is 1.92. The van der Waals surface area contributed by atoms with Gasteiger partial charge in [0, 0.05) is 13.5 Å². The van der Waals surface area contributed by atoms with Crippen molar-refractivity contribution >= 4 is 0 Å². The highest BCUT2D eigenvalue weighted by Crippen LogP contribution is 2.09. The molecule has 1 N–H and O–H groups in total. The molecule has 86 valence electrons. The Morgan fingerprint density at radius 3 is 2.80 bits per heavy atom. The van der Waals surface area contributed by atoms with Gasteiger partial charge >= 0.3 is 0 Å². The van der Waals surface area contributed by atoms with E-state index in [9.17, 15) is 8.78 Å². The van der Waals surface area contributed by atoms with Crippen molar-refractivity contribution in [1.29, 1.82) is 0 Å². The molecule has 5 nitrogen and oxygen atoms in total. The Morgan fingerprint density at radius 2 is 2.27 bits per heavy atom. The summed E-state index contributed by atoms with van der Waals surface area (Å²) in [5.41, 5.74) is 0.826. The second-order valence-corrected chi connectivity index (χ2v) is 2.96. The van der Waals surface area contributed by atoms with Crippen molar-refractivity contribution in [3.63, 3.8) is 0 Å². The second-order valence-electron chi connectivity index (χ2n) is 2.96. The van der Waals surface area contributed by atoms with Crippen LogP contribution in [0.25, 0.3) is 0 Å². The summed E-state index contributed by atoms with van der Waals surface area (Å²) in [5, 5.41) is 16.1. The van der Waals surface area contributed by atoms with Gasteiger partial charge in [-0.2, -0.15) is 0 Å². The highest BCUT2D eigenvalue weighted by atomic mass is 19.3. The van der Waals surface area contributed by atoms with E-state index in [1.54, 1.807) is 0 Å². The average molecular weight is 221 g/mol. The minimum absolute atomic E-state index is 0.303. The first kappa shape index (κ1) is 12.0. The Labute approximate surface area is 85.7 Å². The number of alkyl halides is 2. The summed E-state index contributed by atoms with van der Waals surface area (Å²) in [5.74, 6) is 0. The Hall–Kier alpha value is -1.08. The monoisotopic (exact) mass is 221 g/mol. The number of ether oxygens (including phenoxy) is 1. The summed E-state index contributed by atoms with van der Waals surface area (Å²) in [6, 6.07) is 0. The molecule has 0 aliphatic carbocycles. The Kier molecular flexibility index (Phi) is 4.57. The summed E-state index contributed by atoms with van der Waals surface area (Å²) >= 11 is 0. The van der Waals surface area contributed by atoms with Crippen LogP contribution < -0.4 is 0 Å². The summed E-state index contributed by atoms with van der Waals surface area (Å²) in [6.45, 7) is -0.433. The van der Waals surface area contributed by atoms with Crippen molar-refractivity contribution in [3.8, 4) is 0 Å². The van der Waals surface area contributed by atoms with Crippen molar-refractivity contribution in [3.05, 3.63) is 11.4 Å². The molecule has 0 aliphatic heterocycles. The number of aromatic nitrogens is 3. The number of aliphatic hydroxyl groups excluding tert-OH is 1. The minimum Gasteiger partial charge on any atom is -0.390 e. The molecule has 0 atom stereocenters. The van der Waals surface area contributed by atoms with Crippen LogP contribution in [0.2, 0.25) is 0 Å². The van der Waals surface area contributed by atoms with Crippen LogP contribution in [0.3, 0.4) is 0 Å². The predicted molar refractivity (Wildman–Crippen MR) is 47.5 cm³/mol. The van der Waals surface area contributed by atoms with Crippen molar-refractivity contribution in [1.82, 2.24) is 15.0 Å². The fourth-order valence-electron chi connectivity index (χ4n) is 1.24. The Bertz CT molecular complexity index is 304. The SMILES string of the molecule is COCCc1c(CO)nnn1CC(F)F. The van der Waals surface area contributed by atoms with Gasteiger partial charge in [-0.25, -0.2) is 13.5 Å². The van der Waals surface area contributed by atoms with E-state index in [0.717, 1.165) is 4.68 Å². The number of hydrogen-bond acceptors (Lipinski definition) is 4. The van der Waals surface area contributed by atoms with Gasteiger partial charge < -0.3 is 9.84 Å². The molecule has 0 spiro atoms. The third-order valence-corrected chi connectivity index (χ3v) is 1.92. The number of nitrogens with zero attached hydrogens (tertiary/aromatic N) is 3. The molecule has 1 heterocycles. The molecule has 15 heavy (non-hydrogen) atoms. The fraction of sp³-hybridized carbons (Fsp3) is 0.750. The molecular formula is C8H13F2N3O2. The molecule has 0 aromatic carbocycles. The first-order valence-electron chi connectivity index (χ1n) is 4.48. The highest BCUT2D eigenvalue weighted by Gasteiger charge is 2.14. The first-order chi connectivity index (χ1) is 7.19. The van der Waals surface area contributed by atoms with Crippen LogP contribution in [0.1, 0.15) is 11.4 Å². The van der Waals surface area contributed by atoms with Crippen LogP contribution in [0, 0.1) is 0 Å². The van der Waals surface area contributed by atoms with E-state index < -0.39 is 13.0 Å². The van der Waals surface area contributed by atoms with E-state index in [0.29, 0.717) is 24.4 Å². The number of rotatable bonds is 6. The van der Waals surface area contributed by atoms with E-state index in [1.165, 1.54) is 7.11 Å². The number of methoxy groups -OCH3 is 1. The topological polar surface area (TPSA) is 60.2 Å². The van der Waals surface area contributed by atoms with Gasteiger partial charge in [-0.05, 0) is 0 Å². The van der Waals surface area contributed by atoms with Gasteiger partial charge in [0.2, 0.25) is 0 Å². The van der Waals surface area contributed by atoms with Crippen molar-refractivity contribution in [2.75, 3.05) is 13.7 Å². The van der Waals surface area contributed by atoms with Crippen LogP contribution >= 0.6 is 0 Å². The maximum atomic E-state index is 12.2. The smallest absolute Gasteiger partial charge is 0.257 e. The molecule has 0 unspecified atom stereocenters. The third kappa shape index (κ3) is 3.21. The van der Waals surface area contributed by atoms with E-state index in [-0.39, 0.29) is 6.61 Å². The van der Waals surface area contributed by atoms with E-state index in [1.807, 2.05) is 0 Å². The van der Waals surface area contributed by atoms with Crippen LogP contribution in [0.5, 0.6) is 0 Å². The van der Waals surface area contributed by atoms with E-state index >= 15 is 0 Å². The van der Waals surface area contributed by atoms with Gasteiger partial charge in [0.15, 0.2) is 0 Å². The average Bonchev–Trinajstić information content (AvgIpc) is 2.56. The maximum Gasteiger partial charge on any atom is 0.257 e. The standard InChI is InChI=1S/C8H13F2N3O2/c1-15-3-2-7-6(5-14)11-12-13(7)4-8(9)10/h8,14H,2-5H2,1H3. The lowest BCUT2D eigenvalue weighted by Gasteiger charge is -2.06. The molecule has 1 aromatic rings. The van der Waals surface area contributed by atoms with Crippen LogP contribution in [-0.4, -0.2) is 40.2 Å². The number of halogens is 2. The Morgan fingerprint density at radius 1 is 1.53 bits per heavy atom. The molecule has 1 aromatic heterocycles. The molecule has 0 bridgehead atoms. The van der Waals surface area contributed by atoms with Gasteiger partial charge in [0.05, 0.1) is 18.9 Å². The van der Waals surface area contributed by atoms with Crippen LogP contribution in [-0.2, 0) is 24.3 Å². The predicted octanol–water partition coefficient (Wildman–Crippen LogP) is 0.224. The lowest BCUT2D eigenvalue weighted by atomic mass is 10.2. The zero-order chi connectivity index (χ0) is 11.3. The van der Waals surface area contributed by atoms with Crippen LogP contribution in [0.4, 0.5) is 8.78 Å². The van der Waals surface area contributed by atoms with Crippen molar-refractivity contribution in [2.24, 2.45) is 0 Å². The van der Waals surface area contributed by atoms with Gasteiger partial charge in [0.1, 0.15) is 12.2 Å². The van der Waals surface area contributed by atoms with Gasteiger partial charge in [0.25, 0.3) is 6.43 Å². The fourth-order valence-corrected chi connectivity index (χ4v) is 1.24. The zero-order valence-corrected chi connectivity index (χ0v) is 8.36. The van der Waals surface area contributed by atoms with Crippen molar-refractivity contribution in [2.45, 2.75) is 26.0 Å². The molecule has 0 saturated heterocycles. The molecule has 7 heteroatoms. The molecule has 1 rings (SSSR count). The van der Waals surface area contributed by atoms with E-state index in [4.69, 9.17) is 9.84 Å². The lowest BCUT2D eigenvalue weighted by molar-refractivity contribution is 0.118. The molecule has 0 radical (unpaired) electrons. The normalized spacial score (nSPS) is 11.3. The zero-order valence-electron chi connectivity index (χ0n) is 8.36. The second kappa shape index (κ2) is 5.72. The van der Waals surface area contributed by atoms with Gasteiger partial charge in [-0.3, -0.25) is 0 Å². The minimum atomic E-state index is -2.49. The maximum absolute atomic E-state index is 12.2. The van der Waals surface area contributed by atoms with Gasteiger partial charge in [-0.1, -0.05) is 5.21 Å². The van der Waals surface area contributed by atoms with Crippen molar-refractivity contribution < 1.29 is 18.6 Å². The Balaban J connectivity index is 2.79. The molecule has 0 fully saturated rings. The lowest BCUT2D eigenvalue weighted by Crippen LogP contribution is -2.13. The highest BCUT2D eigenvalue weighted by molar-refractivity contribution is 5.09. The summed E-state index contributed by atoms with van der Waals surface area (Å²) in [4.78, 5) is 0. The largest absolute Gasteiger partial charge is 0.390 e. The molecule has 0 aliphatic rings. The number of hydrogen-bond donors (Lipinski definition) is 1. The molecular weight excluding hydrogens is 208 g/mol. The molecule has 0 amide bonds. The first-order valence-corrected chi connectivity index (χ1v) is 4.48. The van der Waals surface area contributed by atoms with Crippen LogP contribution in [0.15, 0.2) is 0 Å². The summed E-state index contributed by atoms with van der Waals surface area (Å²) in [6.07, 6.45) is -2.08. The van der Waals surface area contributed by atoms with E-state index in [2.05, 4.69) is 10.3 Å². The quantitative estimate of drug-likeness (QED) is 0.746. The summed E-state index contributed by atoms with van der Waals surface area (Å²) in [7, 11) is 1.51. The summed E-state index contributed by atoms with van der Waals surface area (Å²) < 4.78 is 30.3. The van der Waals surface area contributed by atoms with Gasteiger partial charge in [-0.15, -0.1) is 5.10 Å². The number of aliphatic hydroxyl groups is 1. The molecule has 0 saturated carbocycles.